The first-order valence-corrected chi connectivity index (χ1v) is 8.68. The van der Waals surface area contributed by atoms with Crippen LogP contribution in [0.2, 0.25) is 5.02 Å². The molecule has 2 N–H and O–H groups in total. The lowest BCUT2D eigenvalue weighted by Crippen LogP contribution is -2.52. The summed E-state index contributed by atoms with van der Waals surface area (Å²) < 4.78 is 5.72. The van der Waals surface area contributed by atoms with Crippen molar-refractivity contribution in [2.75, 3.05) is 0 Å². The molecular weight excluding hydrogens is 370 g/mol. The highest BCUT2D eigenvalue weighted by atomic mass is 35.5. The van der Waals surface area contributed by atoms with Gasteiger partial charge in [-0.3, -0.25) is 19.7 Å². The van der Waals surface area contributed by atoms with Crippen LogP contribution in [0, 0.1) is 0 Å². The van der Waals surface area contributed by atoms with Crippen LogP contribution in [0.5, 0.6) is 0 Å². The van der Waals surface area contributed by atoms with Gasteiger partial charge >= 0.3 is 0 Å². The van der Waals surface area contributed by atoms with Gasteiger partial charge in [0.2, 0.25) is 17.7 Å². The summed E-state index contributed by atoms with van der Waals surface area (Å²) in [4.78, 5) is 39.9. The molecule has 1 aromatic heterocycles. The minimum absolute atomic E-state index is 0.197. The number of halogens is 1. The Labute approximate surface area is 158 Å². The van der Waals surface area contributed by atoms with E-state index in [-0.39, 0.29) is 18.7 Å². The van der Waals surface area contributed by atoms with Crippen LogP contribution in [0.4, 0.5) is 0 Å². The van der Waals surface area contributed by atoms with E-state index < -0.39 is 17.9 Å². The van der Waals surface area contributed by atoms with Gasteiger partial charge in [-0.1, -0.05) is 17.7 Å². The molecule has 1 aliphatic rings. The zero-order chi connectivity index (χ0) is 19.0. The van der Waals surface area contributed by atoms with Crippen molar-refractivity contribution < 1.29 is 18.8 Å². The number of imide groups is 1. The SMILES string of the molecule is O=C1CCC(NC(=O)c2cccc(-c3nc4cc(Cl)ccc4o3)c2)C(=O)N1. The number of amides is 3. The largest absolute Gasteiger partial charge is 0.436 e. The van der Waals surface area contributed by atoms with Gasteiger partial charge in [0.15, 0.2) is 5.58 Å². The number of oxazole rings is 1. The normalized spacial score (nSPS) is 17.0. The molecule has 27 heavy (non-hydrogen) atoms. The van der Waals surface area contributed by atoms with E-state index in [9.17, 15) is 14.4 Å². The summed E-state index contributed by atoms with van der Waals surface area (Å²) in [5, 5.41) is 5.42. The topological polar surface area (TPSA) is 101 Å². The van der Waals surface area contributed by atoms with Crippen molar-refractivity contribution in [1.29, 1.82) is 0 Å². The van der Waals surface area contributed by atoms with Crippen molar-refractivity contribution in [3.05, 3.63) is 53.1 Å². The Hall–Kier alpha value is -3.19. The van der Waals surface area contributed by atoms with Crippen LogP contribution < -0.4 is 10.6 Å². The Kier molecular flexibility index (Phi) is 4.37. The number of nitrogens with one attached hydrogen (secondary N) is 2. The zero-order valence-electron chi connectivity index (χ0n) is 14.0. The lowest BCUT2D eigenvalue weighted by atomic mass is 10.0. The molecule has 2 aromatic carbocycles. The van der Waals surface area contributed by atoms with Crippen molar-refractivity contribution in [2.24, 2.45) is 0 Å². The molecule has 4 rings (SSSR count). The average Bonchev–Trinajstić information content (AvgIpc) is 3.07. The summed E-state index contributed by atoms with van der Waals surface area (Å²) in [5.74, 6) is -0.872. The Morgan fingerprint density at radius 2 is 2.07 bits per heavy atom. The summed E-state index contributed by atoms with van der Waals surface area (Å²) >= 11 is 5.97. The van der Waals surface area contributed by atoms with Gasteiger partial charge in [-0.05, 0) is 42.8 Å². The summed E-state index contributed by atoms with van der Waals surface area (Å²) in [6, 6.07) is 11.1. The first-order valence-electron chi connectivity index (χ1n) is 8.31. The maximum atomic E-state index is 12.5. The molecule has 2 heterocycles. The fraction of sp³-hybridized carbons (Fsp3) is 0.158. The Morgan fingerprint density at radius 1 is 1.22 bits per heavy atom. The van der Waals surface area contributed by atoms with E-state index in [0.717, 1.165) is 0 Å². The Balaban J connectivity index is 1.57. The minimum Gasteiger partial charge on any atom is -0.436 e. The van der Waals surface area contributed by atoms with Crippen molar-refractivity contribution in [3.8, 4) is 11.5 Å². The number of carbonyl (C=O) groups is 3. The number of piperidine rings is 1. The monoisotopic (exact) mass is 383 g/mol. The second-order valence-electron chi connectivity index (χ2n) is 6.19. The van der Waals surface area contributed by atoms with Gasteiger partial charge in [0.05, 0.1) is 0 Å². The third-order valence-corrected chi connectivity index (χ3v) is 4.50. The van der Waals surface area contributed by atoms with Crippen LogP contribution >= 0.6 is 11.6 Å². The third kappa shape index (κ3) is 3.54. The first-order chi connectivity index (χ1) is 13.0. The highest BCUT2D eigenvalue weighted by molar-refractivity contribution is 6.31. The maximum absolute atomic E-state index is 12.5. The summed E-state index contributed by atoms with van der Waals surface area (Å²) in [5.41, 5.74) is 2.19. The predicted octanol–water partition coefficient (Wildman–Crippen LogP) is 2.68. The lowest BCUT2D eigenvalue weighted by molar-refractivity contribution is -0.134. The van der Waals surface area contributed by atoms with E-state index >= 15 is 0 Å². The highest BCUT2D eigenvalue weighted by Gasteiger charge is 2.28. The molecule has 7 nitrogen and oxygen atoms in total. The van der Waals surface area contributed by atoms with Crippen molar-refractivity contribution >= 4 is 40.4 Å². The summed E-state index contributed by atoms with van der Waals surface area (Å²) in [6.07, 6.45) is 0.476. The third-order valence-electron chi connectivity index (χ3n) is 4.27. The fourth-order valence-corrected chi connectivity index (χ4v) is 3.06. The van der Waals surface area contributed by atoms with Crippen molar-refractivity contribution in [1.82, 2.24) is 15.6 Å². The molecule has 0 saturated carbocycles. The Bertz CT molecular complexity index is 1080. The number of aromatic nitrogens is 1. The van der Waals surface area contributed by atoms with Gasteiger partial charge in [0.1, 0.15) is 11.6 Å². The second-order valence-corrected chi connectivity index (χ2v) is 6.63. The molecule has 1 saturated heterocycles. The highest BCUT2D eigenvalue weighted by Crippen LogP contribution is 2.26. The van der Waals surface area contributed by atoms with Crippen LogP contribution in [0.25, 0.3) is 22.6 Å². The number of nitrogens with zero attached hydrogens (tertiary/aromatic N) is 1. The smallest absolute Gasteiger partial charge is 0.251 e. The number of carbonyl (C=O) groups excluding carboxylic acids is 3. The molecule has 0 radical (unpaired) electrons. The van der Waals surface area contributed by atoms with E-state index in [1.807, 2.05) is 0 Å². The maximum Gasteiger partial charge on any atom is 0.251 e. The summed E-state index contributed by atoms with van der Waals surface area (Å²) in [6.45, 7) is 0. The molecule has 0 spiro atoms. The number of hydrogen-bond acceptors (Lipinski definition) is 5. The lowest BCUT2D eigenvalue weighted by Gasteiger charge is -2.21. The zero-order valence-corrected chi connectivity index (χ0v) is 14.7. The number of fused-ring (bicyclic) bond motifs is 1. The second kappa shape index (κ2) is 6.85. The van der Waals surface area contributed by atoms with Crippen LogP contribution in [0.3, 0.4) is 0 Å². The van der Waals surface area contributed by atoms with E-state index in [4.69, 9.17) is 16.0 Å². The van der Waals surface area contributed by atoms with Crippen LogP contribution in [0.15, 0.2) is 46.9 Å². The van der Waals surface area contributed by atoms with E-state index in [0.29, 0.717) is 33.1 Å². The van der Waals surface area contributed by atoms with Crippen molar-refractivity contribution in [3.63, 3.8) is 0 Å². The van der Waals surface area contributed by atoms with E-state index in [1.54, 1.807) is 42.5 Å². The molecule has 1 aliphatic heterocycles. The molecule has 3 aromatic rings. The number of hydrogen-bond donors (Lipinski definition) is 2. The molecule has 3 amide bonds. The average molecular weight is 384 g/mol. The standard InChI is InChI=1S/C19H14ClN3O4/c20-12-4-6-15-14(9-12)22-19(27-15)11-3-1-2-10(8-11)17(25)21-13-5-7-16(24)23-18(13)26/h1-4,6,8-9,13H,5,7H2,(H,21,25)(H,23,24,26). The number of rotatable bonds is 3. The van der Waals surface area contributed by atoms with Gasteiger partial charge < -0.3 is 9.73 Å². The Morgan fingerprint density at radius 3 is 2.89 bits per heavy atom. The van der Waals surface area contributed by atoms with Crippen LogP contribution in [-0.2, 0) is 9.59 Å². The minimum atomic E-state index is -0.731. The molecular formula is C19H14ClN3O4. The molecule has 1 fully saturated rings. The van der Waals surface area contributed by atoms with E-state index in [1.165, 1.54) is 0 Å². The van der Waals surface area contributed by atoms with Gasteiger partial charge in [-0.25, -0.2) is 4.98 Å². The van der Waals surface area contributed by atoms with Gasteiger partial charge in [-0.15, -0.1) is 0 Å². The quantitative estimate of drug-likeness (QED) is 0.677. The number of benzene rings is 2. The summed E-state index contributed by atoms with van der Waals surface area (Å²) in [7, 11) is 0. The van der Waals surface area contributed by atoms with E-state index in [2.05, 4.69) is 15.6 Å². The molecule has 1 atom stereocenters. The van der Waals surface area contributed by atoms with Crippen molar-refractivity contribution in [2.45, 2.75) is 18.9 Å². The fourth-order valence-electron chi connectivity index (χ4n) is 2.89. The van der Waals surface area contributed by atoms with Gasteiger partial charge in [0, 0.05) is 22.6 Å². The molecule has 8 heteroatoms. The van der Waals surface area contributed by atoms with Gasteiger partial charge in [0.25, 0.3) is 5.91 Å². The molecule has 0 bridgehead atoms. The molecule has 136 valence electrons. The molecule has 0 aliphatic carbocycles. The molecule has 1 unspecified atom stereocenters. The first kappa shape index (κ1) is 17.2. The predicted molar refractivity (Wildman–Crippen MR) is 98.1 cm³/mol. The van der Waals surface area contributed by atoms with Crippen LogP contribution in [0.1, 0.15) is 23.2 Å². The van der Waals surface area contributed by atoms with Crippen LogP contribution in [-0.4, -0.2) is 28.7 Å². The van der Waals surface area contributed by atoms with Gasteiger partial charge in [-0.2, -0.15) is 0 Å².